The molecule has 0 aliphatic carbocycles. The van der Waals surface area contributed by atoms with Crippen molar-refractivity contribution in [3.8, 4) is 5.69 Å². The molecule has 1 N–H and O–H groups in total. The van der Waals surface area contributed by atoms with Crippen LogP contribution in [0.1, 0.15) is 17.4 Å². The summed E-state index contributed by atoms with van der Waals surface area (Å²) in [5, 5.41) is 3.34. The highest BCUT2D eigenvalue weighted by Gasteiger charge is 2.24. The highest BCUT2D eigenvalue weighted by molar-refractivity contribution is 5.93. The predicted octanol–water partition coefficient (Wildman–Crippen LogP) is 1.31. The Morgan fingerprint density at radius 3 is 2.90 bits per heavy atom. The number of amides is 1. The number of imidazole rings is 1. The van der Waals surface area contributed by atoms with Gasteiger partial charge in [-0.25, -0.2) is 4.98 Å². The fourth-order valence-corrected chi connectivity index (χ4v) is 2.53. The quantitative estimate of drug-likeness (QED) is 0.895. The number of rotatable bonds is 2. The number of nitrogens with one attached hydrogen (secondary N) is 1. The van der Waals surface area contributed by atoms with Gasteiger partial charge in [-0.1, -0.05) is 18.2 Å². The molecule has 1 amide bonds. The molecule has 1 aliphatic heterocycles. The number of carbonyl (C=O) groups is 1. The molecule has 1 unspecified atom stereocenters. The Bertz CT molecular complexity index is 593. The van der Waals surface area contributed by atoms with Crippen molar-refractivity contribution in [1.82, 2.24) is 19.8 Å². The first-order valence-corrected chi connectivity index (χ1v) is 6.86. The number of benzene rings is 1. The summed E-state index contributed by atoms with van der Waals surface area (Å²) in [6.07, 6.45) is 3.33. The van der Waals surface area contributed by atoms with Crippen molar-refractivity contribution in [2.75, 3.05) is 19.6 Å². The van der Waals surface area contributed by atoms with Crippen LogP contribution in [0.4, 0.5) is 0 Å². The van der Waals surface area contributed by atoms with E-state index in [1.165, 1.54) is 0 Å². The van der Waals surface area contributed by atoms with Crippen LogP contribution in [0.2, 0.25) is 0 Å². The van der Waals surface area contributed by atoms with E-state index in [9.17, 15) is 4.79 Å². The number of hydrogen-bond acceptors (Lipinski definition) is 3. The number of carbonyl (C=O) groups excluding carboxylic acids is 1. The second-order valence-electron chi connectivity index (χ2n) is 5.09. The SMILES string of the molecule is CC1CN(C(=O)c2cncn2-c2ccccc2)CCN1. The van der Waals surface area contributed by atoms with Crippen molar-refractivity contribution in [2.45, 2.75) is 13.0 Å². The highest BCUT2D eigenvalue weighted by Crippen LogP contribution is 2.13. The third-order valence-electron chi connectivity index (χ3n) is 3.55. The summed E-state index contributed by atoms with van der Waals surface area (Å²) in [6, 6.07) is 10.1. The molecular weight excluding hydrogens is 252 g/mol. The zero-order chi connectivity index (χ0) is 13.9. The molecule has 5 nitrogen and oxygen atoms in total. The maximum Gasteiger partial charge on any atom is 0.272 e. The number of para-hydroxylation sites is 1. The van der Waals surface area contributed by atoms with Crippen molar-refractivity contribution in [3.63, 3.8) is 0 Å². The zero-order valence-electron chi connectivity index (χ0n) is 11.5. The third kappa shape index (κ3) is 2.44. The van der Waals surface area contributed by atoms with E-state index in [0.717, 1.165) is 25.3 Å². The minimum Gasteiger partial charge on any atom is -0.334 e. The van der Waals surface area contributed by atoms with E-state index in [2.05, 4.69) is 17.2 Å². The van der Waals surface area contributed by atoms with Crippen LogP contribution in [-0.4, -0.2) is 46.0 Å². The van der Waals surface area contributed by atoms with Crippen molar-refractivity contribution < 1.29 is 4.79 Å². The molecule has 1 atom stereocenters. The Hall–Kier alpha value is -2.14. The Morgan fingerprint density at radius 1 is 1.35 bits per heavy atom. The molecule has 1 fully saturated rings. The largest absolute Gasteiger partial charge is 0.334 e. The molecule has 1 aromatic heterocycles. The molecule has 104 valence electrons. The first-order valence-electron chi connectivity index (χ1n) is 6.86. The second-order valence-corrected chi connectivity index (χ2v) is 5.09. The summed E-state index contributed by atoms with van der Waals surface area (Å²) < 4.78 is 1.84. The second kappa shape index (κ2) is 5.46. The van der Waals surface area contributed by atoms with Gasteiger partial charge >= 0.3 is 0 Å². The van der Waals surface area contributed by atoms with Gasteiger partial charge < -0.3 is 10.2 Å². The average Bonchev–Trinajstić information content (AvgIpc) is 2.97. The van der Waals surface area contributed by atoms with E-state index in [4.69, 9.17) is 0 Å². The van der Waals surface area contributed by atoms with Crippen LogP contribution in [0.5, 0.6) is 0 Å². The van der Waals surface area contributed by atoms with Crippen LogP contribution >= 0.6 is 0 Å². The van der Waals surface area contributed by atoms with Crippen molar-refractivity contribution >= 4 is 5.91 Å². The van der Waals surface area contributed by atoms with Crippen molar-refractivity contribution in [2.24, 2.45) is 0 Å². The molecule has 1 aromatic carbocycles. The lowest BCUT2D eigenvalue weighted by molar-refractivity contribution is 0.0701. The molecule has 2 aromatic rings. The minimum atomic E-state index is 0.0414. The van der Waals surface area contributed by atoms with Gasteiger partial charge in [0.25, 0.3) is 5.91 Å². The Kier molecular flexibility index (Phi) is 3.52. The standard InChI is InChI=1S/C15H18N4O/c1-12-10-18(8-7-17-12)15(20)14-9-16-11-19(14)13-5-3-2-4-6-13/h2-6,9,11-12,17H,7-8,10H2,1H3. The van der Waals surface area contributed by atoms with Crippen LogP contribution in [0.25, 0.3) is 5.69 Å². The zero-order valence-corrected chi connectivity index (χ0v) is 11.5. The van der Waals surface area contributed by atoms with Gasteiger partial charge in [-0.2, -0.15) is 0 Å². The maximum absolute atomic E-state index is 12.6. The number of hydrogen-bond donors (Lipinski definition) is 1. The summed E-state index contributed by atoms with van der Waals surface area (Å²) >= 11 is 0. The lowest BCUT2D eigenvalue weighted by atomic mass is 10.2. The van der Waals surface area contributed by atoms with Crippen LogP contribution in [0, 0.1) is 0 Å². The fraction of sp³-hybridized carbons (Fsp3) is 0.333. The maximum atomic E-state index is 12.6. The molecule has 20 heavy (non-hydrogen) atoms. The van der Waals surface area contributed by atoms with Gasteiger partial charge in [-0.3, -0.25) is 9.36 Å². The van der Waals surface area contributed by atoms with E-state index in [0.29, 0.717) is 11.7 Å². The van der Waals surface area contributed by atoms with E-state index < -0.39 is 0 Å². The number of piperazine rings is 1. The monoisotopic (exact) mass is 270 g/mol. The summed E-state index contributed by atoms with van der Waals surface area (Å²) in [4.78, 5) is 18.7. The van der Waals surface area contributed by atoms with Crippen molar-refractivity contribution in [1.29, 1.82) is 0 Å². The molecule has 1 aliphatic rings. The Morgan fingerprint density at radius 2 is 2.15 bits per heavy atom. The first-order chi connectivity index (χ1) is 9.75. The summed E-state index contributed by atoms with van der Waals surface area (Å²) in [5.41, 5.74) is 1.57. The van der Waals surface area contributed by atoms with Gasteiger partial charge in [0, 0.05) is 31.4 Å². The molecule has 1 saturated heterocycles. The molecule has 2 heterocycles. The van der Waals surface area contributed by atoms with E-state index in [-0.39, 0.29) is 5.91 Å². The van der Waals surface area contributed by atoms with E-state index in [1.807, 2.05) is 39.8 Å². The van der Waals surface area contributed by atoms with E-state index >= 15 is 0 Å². The topological polar surface area (TPSA) is 50.2 Å². The fourth-order valence-electron chi connectivity index (χ4n) is 2.53. The number of aromatic nitrogens is 2. The minimum absolute atomic E-state index is 0.0414. The molecule has 0 bridgehead atoms. The molecular formula is C15H18N4O. The lowest BCUT2D eigenvalue weighted by Gasteiger charge is -2.31. The summed E-state index contributed by atoms with van der Waals surface area (Å²) in [6.45, 7) is 4.41. The Labute approximate surface area is 118 Å². The first kappa shape index (κ1) is 12.9. The van der Waals surface area contributed by atoms with Crippen LogP contribution in [-0.2, 0) is 0 Å². The summed E-state index contributed by atoms with van der Waals surface area (Å²) in [5.74, 6) is 0.0414. The molecule has 3 rings (SSSR count). The van der Waals surface area contributed by atoms with Crippen LogP contribution in [0.15, 0.2) is 42.9 Å². The summed E-state index contributed by atoms with van der Waals surface area (Å²) in [7, 11) is 0. The van der Waals surface area contributed by atoms with Gasteiger partial charge in [0.05, 0.1) is 12.5 Å². The lowest BCUT2D eigenvalue weighted by Crippen LogP contribution is -2.51. The smallest absolute Gasteiger partial charge is 0.272 e. The van der Waals surface area contributed by atoms with Crippen LogP contribution in [0.3, 0.4) is 0 Å². The normalized spacial score (nSPS) is 19.1. The van der Waals surface area contributed by atoms with Gasteiger partial charge in [0.1, 0.15) is 5.69 Å². The molecule has 5 heteroatoms. The third-order valence-corrected chi connectivity index (χ3v) is 3.55. The predicted molar refractivity (Wildman–Crippen MR) is 76.9 cm³/mol. The Balaban J connectivity index is 1.88. The van der Waals surface area contributed by atoms with Crippen LogP contribution < -0.4 is 5.32 Å². The molecule has 0 spiro atoms. The van der Waals surface area contributed by atoms with E-state index in [1.54, 1.807) is 12.5 Å². The van der Waals surface area contributed by atoms with Crippen molar-refractivity contribution in [3.05, 3.63) is 48.5 Å². The van der Waals surface area contributed by atoms with Gasteiger partial charge in [-0.15, -0.1) is 0 Å². The van der Waals surface area contributed by atoms with Gasteiger partial charge in [0.15, 0.2) is 0 Å². The van der Waals surface area contributed by atoms with Gasteiger partial charge in [-0.05, 0) is 19.1 Å². The van der Waals surface area contributed by atoms with Gasteiger partial charge in [0.2, 0.25) is 0 Å². The molecule has 0 radical (unpaired) electrons. The number of nitrogens with zero attached hydrogens (tertiary/aromatic N) is 3. The molecule has 0 saturated carbocycles. The average molecular weight is 270 g/mol. The highest BCUT2D eigenvalue weighted by atomic mass is 16.2.